The molecule has 1 N–H and O–H groups in total. The van der Waals surface area contributed by atoms with Gasteiger partial charge in [-0.2, -0.15) is 0 Å². The van der Waals surface area contributed by atoms with E-state index in [0.717, 1.165) is 29.4 Å². The molecule has 1 aliphatic rings. The van der Waals surface area contributed by atoms with E-state index < -0.39 is 5.97 Å². The van der Waals surface area contributed by atoms with Gasteiger partial charge in [0.25, 0.3) is 0 Å². The third-order valence-corrected chi connectivity index (χ3v) is 5.10. The minimum atomic E-state index is -0.434. The van der Waals surface area contributed by atoms with Crippen molar-refractivity contribution in [2.75, 3.05) is 18.2 Å². The van der Waals surface area contributed by atoms with Crippen molar-refractivity contribution in [3.8, 4) is 0 Å². The Balaban J connectivity index is 1.62. The summed E-state index contributed by atoms with van der Waals surface area (Å²) in [6.45, 7) is 1.87. The molecule has 132 valence electrons. The molecule has 0 aliphatic heterocycles. The molecule has 8 heteroatoms. The highest BCUT2D eigenvalue weighted by molar-refractivity contribution is 7.99. The van der Waals surface area contributed by atoms with E-state index in [2.05, 4.69) is 15.5 Å². The molecule has 0 bridgehead atoms. The summed E-state index contributed by atoms with van der Waals surface area (Å²) in [6.07, 6.45) is 2.32. The first kappa shape index (κ1) is 17.5. The van der Waals surface area contributed by atoms with Gasteiger partial charge >= 0.3 is 5.97 Å². The Hall–Kier alpha value is -2.35. The number of anilines is 1. The van der Waals surface area contributed by atoms with Crippen molar-refractivity contribution in [1.29, 1.82) is 0 Å². The first-order valence-corrected chi connectivity index (χ1v) is 8.99. The lowest BCUT2D eigenvalue weighted by Crippen LogP contribution is -2.16. The third kappa shape index (κ3) is 4.01. The van der Waals surface area contributed by atoms with Crippen molar-refractivity contribution in [2.24, 2.45) is 7.05 Å². The zero-order valence-corrected chi connectivity index (χ0v) is 15.2. The quantitative estimate of drug-likeness (QED) is 0.629. The fourth-order valence-corrected chi connectivity index (χ4v) is 3.18. The van der Waals surface area contributed by atoms with Crippen molar-refractivity contribution >= 4 is 29.3 Å². The number of benzene rings is 1. The Bertz CT molecular complexity index is 814. The highest BCUT2D eigenvalue weighted by Gasteiger charge is 2.29. The number of aromatic nitrogens is 3. The molecule has 1 aromatic carbocycles. The van der Waals surface area contributed by atoms with Gasteiger partial charge in [0.1, 0.15) is 5.82 Å². The van der Waals surface area contributed by atoms with Crippen LogP contribution in [0.4, 0.5) is 5.69 Å². The van der Waals surface area contributed by atoms with Crippen LogP contribution in [0.5, 0.6) is 0 Å². The molecule has 0 atom stereocenters. The summed E-state index contributed by atoms with van der Waals surface area (Å²) in [7, 11) is 3.26. The Morgan fingerprint density at radius 3 is 2.80 bits per heavy atom. The number of esters is 1. The summed E-state index contributed by atoms with van der Waals surface area (Å²) < 4.78 is 6.66. The van der Waals surface area contributed by atoms with Gasteiger partial charge in [0, 0.05) is 18.7 Å². The number of carbonyl (C=O) groups excluding carboxylic acids is 2. The predicted octanol–water partition coefficient (Wildman–Crippen LogP) is 2.52. The van der Waals surface area contributed by atoms with Gasteiger partial charge < -0.3 is 14.6 Å². The van der Waals surface area contributed by atoms with Crippen LogP contribution >= 0.6 is 11.8 Å². The van der Waals surface area contributed by atoms with E-state index in [0.29, 0.717) is 17.2 Å². The monoisotopic (exact) mass is 360 g/mol. The SMILES string of the molecule is COC(=O)c1ccc(C)c(NC(=O)CSc2nnc(C3CC3)n2C)c1. The standard InChI is InChI=1S/C17H20N4O3S/c1-10-4-5-12(16(23)24-3)8-13(10)18-14(22)9-25-17-20-19-15(21(17)2)11-6-7-11/h4-5,8,11H,6-7,9H2,1-3H3,(H,18,22). The number of hydrogen-bond acceptors (Lipinski definition) is 6. The Labute approximate surface area is 150 Å². The van der Waals surface area contributed by atoms with E-state index >= 15 is 0 Å². The lowest BCUT2D eigenvalue weighted by Gasteiger charge is -2.10. The number of aryl methyl sites for hydroxylation is 1. The summed E-state index contributed by atoms with van der Waals surface area (Å²) in [4.78, 5) is 23.9. The Kier molecular flexibility index (Phi) is 5.08. The molecule has 7 nitrogen and oxygen atoms in total. The number of rotatable bonds is 6. The van der Waals surface area contributed by atoms with Crippen molar-refractivity contribution in [3.05, 3.63) is 35.2 Å². The van der Waals surface area contributed by atoms with E-state index in [1.807, 2.05) is 18.5 Å². The second-order valence-corrected chi connectivity index (χ2v) is 6.97. The molecule has 1 amide bonds. The number of thioether (sulfide) groups is 1. The van der Waals surface area contributed by atoms with Crippen molar-refractivity contribution in [1.82, 2.24) is 14.8 Å². The second kappa shape index (κ2) is 7.26. The van der Waals surface area contributed by atoms with Gasteiger partial charge in [-0.15, -0.1) is 10.2 Å². The number of ether oxygens (including phenoxy) is 1. The zero-order valence-electron chi connectivity index (χ0n) is 14.4. The van der Waals surface area contributed by atoms with Gasteiger partial charge in [0.05, 0.1) is 18.4 Å². The molecule has 2 aromatic rings. The number of nitrogens with zero attached hydrogens (tertiary/aromatic N) is 3. The third-order valence-electron chi connectivity index (χ3n) is 4.08. The molecule has 1 heterocycles. The zero-order chi connectivity index (χ0) is 18.0. The van der Waals surface area contributed by atoms with Crippen LogP contribution in [-0.2, 0) is 16.6 Å². The summed E-state index contributed by atoms with van der Waals surface area (Å²) >= 11 is 1.35. The summed E-state index contributed by atoms with van der Waals surface area (Å²) in [5.41, 5.74) is 1.88. The molecule has 0 spiro atoms. The molecule has 1 aromatic heterocycles. The van der Waals surface area contributed by atoms with Crippen LogP contribution in [0.1, 0.15) is 40.5 Å². The van der Waals surface area contributed by atoms with Gasteiger partial charge in [-0.05, 0) is 37.5 Å². The van der Waals surface area contributed by atoms with E-state index in [4.69, 9.17) is 4.74 Å². The number of carbonyl (C=O) groups is 2. The molecule has 1 aliphatic carbocycles. The molecule has 1 fully saturated rings. The van der Waals surface area contributed by atoms with Crippen molar-refractivity contribution < 1.29 is 14.3 Å². The second-order valence-electron chi connectivity index (χ2n) is 6.03. The normalized spacial score (nSPS) is 13.6. The smallest absolute Gasteiger partial charge is 0.337 e. The van der Waals surface area contributed by atoms with Crippen LogP contribution < -0.4 is 5.32 Å². The van der Waals surface area contributed by atoms with Crippen LogP contribution in [0, 0.1) is 6.92 Å². The fraction of sp³-hybridized carbons (Fsp3) is 0.412. The topological polar surface area (TPSA) is 86.1 Å². The highest BCUT2D eigenvalue weighted by atomic mass is 32.2. The van der Waals surface area contributed by atoms with E-state index in [1.165, 1.54) is 18.9 Å². The van der Waals surface area contributed by atoms with Crippen molar-refractivity contribution in [2.45, 2.75) is 30.8 Å². The summed E-state index contributed by atoms with van der Waals surface area (Å²) in [5, 5.41) is 11.9. The molecular weight excluding hydrogens is 340 g/mol. The molecule has 1 saturated carbocycles. The van der Waals surface area contributed by atoms with Gasteiger partial charge in [-0.1, -0.05) is 17.8 Å². The first-order valence-electron chi connectivity index (χ1n) is 8.00. The average Bonchev–Trinajstić information content (AvgIpc) is 3.38. The molecule has 25 heavy (non-hydrogen) atoms. The van der Waals surface area contributed by atoms with Gasteiger partial charge in [0.2, 0.25) is 5.91 Å². The van der Waals surface area contributed by atoms with Crippen LogP contribution in [0.15, 0.2) is 23.4 Å². The van der Waals surface area contributed by atoms with E-state index in [9.17, 15) is 9.59 Å². The lowest BCUT2D eigenvalue weighted by molar-refractivity contribution is -0.113. The largest absolute Gasteiger partial charge is 0.465 e. The summed E-state index contributed by atoms with van der Waals surface area (Å²) in [6, 6.07) is 5.07. The Morgan fingerprint density at radius 1 is 1.36 bits per heavy atom. The maximum Gasteiger partial charge on any atom is 0.337 e. The average molecular weight is 360 g/mol. The van der Waals surface area contributed by atoms with Crippen molar-refractivity contribution in [3.63, 3.8) is 0 Å². The maximum absolute atomic E-state index is 12.2. The summed E-state index contributed by atoms with van der Waals surface area (Å²) in [5.74, 6) is 1.13. The van der Waals surface area contributed by atoms with Crippen LogP contribution in [0.2, 0.25) is 0 Å². The minimum absolute atomic E-state index is 0.161. The number of nitrogens with one attached hydrogen (secondary N) is 1. The fourth-order valence-electron chi connectivity index (χ4n) is 2.47. The molecule has 0 saturated heterocycles. The molecule has 3 rings (SSSR count). The van der Waals surface area contributed by atoms with Gasteiger partial charge in [-0.3, -0.25) is 4.79 Å². The molecule has 0 radical (unpaired) electrons. The lowest BCUT2D eigenvalue weighted by atomic mass is 10.1. The van der Waals surface area contributed by atoms with Crippen LogP contribution in [0.25, 0.3) is 0 Å². The van der Waals surface area contributed by atoms with Gasteiger partial charge in [-0.25, -0.2) is 4.79 Å². The predicted molar refractivity (Wildman–Crippen MR) is 94.9 cm³/mol. The number of methoxy groups -OCH3 is 1. The first-order chi connectivity index (χ1) is 12.0. The number of hydrogen-bond donors (Lipinski definition) is 1. The Morgan fingerprint density at radius 2 is 2.12 bits per heavy atom. The van der Waals surface area contributed by atoms with Crippen LogP contribution in [0.3, 0.4) is 0 Å². The van der Waals surface area contributed by atoms with Crippen LogP contribution in [-0.4, -0.2) is 39.5 Å². The van der Waals surface area contributed by atoms with E-state index in [-0.39, 0.29) is 11.7 Å². The van der Waals surface area contributed by atoms with E-state index in [1.54, 1.807) is 18.2 Å². The number of amides is 1. The maximum atomic E-state index is 12.2. The van der Waals surface area contributed by atoms with Gasteiger partial charge in [0.15, 0.2) is 5.16 Å². The highest BCUT2D eigenvalue weighted by Crippen LogP contribution is 2.39. The minimum Gasteiger partial charge on any atom is -0.465 e. The molecule has 0 unspecified atom stereocenters. The molecular formula is C17H20N4O3S.